The predicted octanol–water partition coefficient (Wildman–Crippen LogP) is -0.315. The number of carbonyl (C=O) groups excluding carboxylic acids is 1. The molecular formula is C14H21N3O3. The standard InChI is InChI=1S/C14H21N3O3/c1-12(16-6-8-20-9-7-16)10-15-13(18)11-17-5-3-2-4-14(17)19/h2-5,12H,6-11H2,1H3,(H,15,18)/t12-/m0/s1. The third-order valence-corrected chi connectivity index (χ3v) is 3.48. The van der Waals surface area contributed by atoms with E-state index in [2.05, 4.69) is 17.1 Å². The van der Waals surface area contributed by atoms with Crippen molar-refractivity contribution in [2.45, 2.75) is 19.5 Å². The molecule has 1 amide bonds. The summed E-state index contributed by atoms with van der Waals surface area (Å²) in [6.07, 6.45) is 1.62. The maximum atomic E-state index is 11.8. The first kappa shape index (κ1) is 14.7. The first-order chi connectivity index (χ1) is 9.66. The summed E-state index contributed by atoms with van der Waals surface area (Å²) in [7, 11) is 0. The summed E-state index contributed by atoms with van der Waals surface area (Å²) in [6, 6.07) is 5.13. The number of amides is 1. The van der Waals surface area contributed by atoms with Crippen LogP contribution in [0.25, 0.3) is 0 Å². The van der Waals surface area contributed by atoms with E-state index >= 15 is 0 Å². The molecule has 110 valence electrons. The van der Waals surface area contributed by atoms with Crippen molar-refractivity contribution >= 4 is 5.91 Å². The van der Waals surface area contributed by atoms with Crippen LogP contribution in [0.4, 0.5) is 0 Å². The molecule has 1 aliphatic heterocycles. The minimum atomic E-state index is -0.163. The second kappa shape index (κ2) is 7.21. The molecule has 1 aromatic rings. The van der Waals surface area contributed by atoms with Gasteiger partial charge in [0.15, 0.2) is 0 Å². The van der Waals surface area contributed by atoms with E-state index in [1.807, 2.05) is 0 Å². The fraction of sp³-hybridized carbons (Fsp3) is 0.571. The molecule has 1 aromatic heterocycles. The third kappa shape index (κ3) is 4.18. The highest BCUT2D eigenvalue weighted by molar-refractivity contribution is 5.75. The fourth-order valence-corrected chi connectivity index (χ4v) is 2.21. The van der Waals surface area contributed by atoms with Crippen LogP contribution >= 0.6 is 0 Å². The normalized spacial score (nSPS) is 17.6. The molecule has 0 aromatic carbocycles. The van der Waals surface area contributed by atoms with Gasteiger partial charge in [0.1, 0.15) is 6.54 Å². The zero-order chi connectivity index (χ0) is 14.4. The molecule has 0 radical (unpaired) electrons. The Morgan fingerprint density at radius 3 is 2.85 bits per heavy atom. The van der Waals surface area contributed by atoms with Crippen molar-refractivity contribution < 1.29 is 9.53 Å². The van der Waals surface area contributed by atoms with Crippen molar-refractivity contribution in [2.24, 2.45) is 0 Å². The smallest absolute Gasteiger partial charge is 0.250 e. The Labute approximate surface area is 118 Å². The van der Waals surface area contributed by atoms with E-state index in [4.69, 9.17) is 4.74 Å². The number of carbonyl (C=O) groups is 1. The minimum absolute atomic E-state index is 0.0650. The minimum Gasteiger partial charge on any atom is -0.379 e. The topological polar surface area (TPSA) is 63.6 Å². The first-order valence-corrected chi connectivity index (χ1v) is 6.91. The lowest BCUT2D eigenvalue weighted by molar-refractivity contribution is -0.122. The van der Waals surface area contributed by atoms with Gasteiger partial charge >= 0.3 is 0 Å². The van der Waals surface area contributed by atoms with Gasteiger partial charge in [0.25, 0.3) is 5.56 Å². The average molecular weight is 279 g/mol. The maximum Gasteiger partial charge on any atom is 0.250 e. The van der Waals surface area contributed by atoms with Crippen molar-refractivity contribution in [1.82, 2.24) is 14.8 Å². The van der Waals surface area contributed by atoms with Crippen LogP contribution in [-0.2, 0) is 16.1 Å². The van der Waals surface area contributed by atoms with Crippen LogP contribution in [0, 0.1) is 0 Å². The molecule has 1 fully saturated rings. The van der Waals surface area contributed by atoms with Gasteiger partial charge in [-0.3, -0.25) is 14.5 Å². The molecule has 1 saturated heterocycles. The van der Waals surface area contributed by atoms with Crippen molar-refractivity contribution in [1.29, 1.82) is 0 Å². The van der Waals surface area contributed by atoms with Crippen LogP contribution in [-0.4, -0.2) is 54.3 Å². The lowest BCUT2D eigenvalue weighted by atomic mass is 10.2. The highest BCUT2D eigenvalue weighted by Gasteiger charge is 2.17. The van der Waals surface area contributed by atoms with E-state index in [9.17, 15) is 9.59 Å². The Hall–Kier alpha value is -1.66. The number of morpholine rings is 1. The number of aromatic nitrogens is 1. The molecule has 20 heavy (non-hydrogen) atoms. The van der Waals surface area contributed by atoms with Crippen molar-refractivity contribution in [3.8, 4) is 0 Å². The molecule has 6 heteroatoms. The lowest BCUT2D eigenvalue weighted by Crippen LogP contribution is -2.47. The molecule has 1 N–H and O–H groups in total. The van der Waals surface area contributed by atoms with Gasteiger partial charge in [-0.2, -0.15) is 0 Å². The Kier molecular flexibility index (Phi) is 5.31. The Morgan fingerprint density at radius 2 is 2.15 bits per heavy atom. The monoisotopic (exact) mass is 279 g/mol. The van der Waals surface area contributed by atoms with E-state index in [0.717, 1.165) is 26.3 Å². The van der Waals surface area contributed by atoms with E-state index in [1.54, 1.807) is 18.3 Å². The van der Waals surface area contributed by atoms with Gasteiger partial charge < -0.3 is 14.6 Å². The van der Waals surface area contributed by atoms with Gasteiger partial charge in [-0.15, -0.1) is 0 Å². The van der Waals surface area contributed by atoms with Gasteiger partial charge in [-0.25, -0.2) is 0 Å². The number of ether oxygens (including phenoxy) is 1. The predicted molar refractivity (Wildman–Crippen MR) is 75.6 cm³/mol. The molecule has 2 heterocycles. The number of rotatable bonds is 5. The van der Waals surface area contributed by atoms with Crippen LogP contribution in [0.3, 0.4) is 0 Å². The van der Waals surface area contributed by atoms with Crippen LogP contribution < -0.4 is 10.9 Å². The zero-order valence-electron chi connectivity index (χ0n) is 11.7. The van der Waals surface area contributed by atoms with E-state index in [-0.39, 0.29) is 24.1 Å². The summed E-state index contributed by atoms with van der Waals surface area (Å²) in [6.45, 7) is 6.02. The van der Waals surface area contributed by atoms with Crippen LogP contribution in [0.5, 0.6) is 0 Å². The fourth-order valence-electron chi connectivity index (χ4n) is 2.21. The van der Waals surface area contributed by atoms with Gasteiger partial charge in [-0.1, -0.05) is 6.07 Å². The summed E-state index contributed by atoms with van der Waals surface area (Å²) in [5.74, 6) is -0.140. The highest BCUT2D eigenvalue weighted by Crippen LogP contribution is 2.02. The average Bonchev–Trinajstić information content (AvgIpc) is 2.48. The summed E-state index contributed by atoms with van der Waals surface area (Å²) >= 11 is 0. The van der Waals surface area contributed by atoms with Gasteiger partial charge in [0, 0.05) is 37.9 Å². The summed E-state index contributed by atoms with van der Waals surface area (Å²) in [5.41, 5.74) is -0.163. The third-order valence-electron chi connectivity index (χ3n) is 3.48. The van der Waals surface area contributed by atoms with Crippen molar-refractivity contribution in [3.63, 3.8) is 0 Å². The van der Waals surface area contributed by atoms with Gasteiger partial charge in [0.2, 0.25) is 5.91 Å². The quantitative estimate of drug-likeness (QED) is 0.803. The molecular weight excluding hydrogens is 258 g/mol. The largest absolute Gasteiger partial charge is 0.379 e. The molecule has 6 nitrogen and oxygen atoms in total. The molecule has 2 rings (SSSR count). The number of hydrogen-bond acceptors (Lipinski definition) is 4. The highest BCUT2D eigenvalue weighted by atomic mass is 16.5. The number of pyridine rings is 1. The Morgan fingerprint density at radius 1 is 1.40 bits per heavy atom. The molecule has 1 aliphatic rings. The van der Waals surface area contributed by atoms with Crippen molar-refractivity contribution in [2.75, 3.05) is 32.8 Å². The molecule has 1 atom stereocenters. The van der Waals surface area contributed by atoms with Crippen LogP contribution in [0.1, 0.15) is 6.92 Å². The second-order valence-electron chi connectivity index (χ2n) is 4.97. The number of nitrogens with one attached hydrogen (secondary N) is 1. The molecule has 0 saturated carbocycles. The Bertz CT molecular complexity index is 494. The van der Waals surface area contributed by atoms with E-state index < -0.39 is 0 Å². The summed E-state index contributed by atoms with van der Waals surface area (Å²) in [4.78, 5) is 25.6. The van der Waals surface area contributed by atoms with Gasteiger partial charge in [-0.05, 0) is 13.0 Å². The van der Waals surface area contributed by atoms with Crippen molar-refractivity contribution in [3.05, 3.63) is 34.7 Å². The maximum absolute atomic E-state index is 11.8. The molecule has 0 unspecified atom stereocenters. The first-order valence-electron chi connectivity index (χ1n) is 6.91. The second-order valence-corrected chi connectivity index (χ2v) is 4.97. The lowest BCUT2D eigenvalue weighted by Gasteiger charge is -2.32. The molecule has 0 aliphatic carbocycles. The Balaban J connectivity index is 1.77. The van der Waals surface area contributed by atoms with E-state index in [1.165, 1.54) is 10.6 Å². The van der Waals surface area contributed by atoms with Crippen LogP contribution in [0.15, 0.2) is 29.2 Å². The SMILES string of the molecule is C[C@@H](CNC(=O)Cn1ccccc1=O)N1CCOCC1. The number of nitrogens with zero attached hydrogens (tertiary/aromatic N) is 2. The van der Waals surface area contributed by atoms with E-state index in [0.29, 0.717) is 6.54 Å². The zero-order valence-corrected chi connectivity index (χ0v) is 11.7. The summed E-state index contributed by atoms with van der Waals surface area (Å²) < 4.78 is 6.70. The summed E-state index contributed by atoms with van der Waals surface area (Å²) in [5, 5.41) is 2.87. The number of hydrogen-bond donors (Lipinski definition) is 1. The molecule has 0 spiro atoms. The van der Waals surface area contributed by atoms with Crippen LogP contribution in [0.2, 0.25) is 0 Å². The molecule has 0 bridgehead atoms. The van der Waals surface area contributed by atoms with Gasteiger partial charge in [0.05, 0.1) is 13.2 Å².